The Labute approximate surface area is 173 Å². The summed E-state index contributed by atoms with van der Waals surface area (Å²) in [6.07, 6.45) is -2.26. The van der Waals surface area contributed by atoms with Gasteiger partial charge in [0.1, 0.15) is 0 Å². The van der Waals surface area contributed by atoms with E-state index in [2.05, 4.69) is 29.4 Å². The molecule has 0 aromatic heterocycles. The Morgan fingerprint density at radius 1 is 1.17 bits per heavy atom. The van der Waals surface area contributed by atoms with Crippen LogP contribution >= 0.6 is 0 Å². The van der Waals surface area contributed by atoms with Crippen molar-refractivity contribution < 1.29 is 17.9 Å². The number of rotatable bonds is 9. The van der Waals surface area contributed by atoms with Crippen LogP contribution in [0.2, 0.25) is 0 Å². The molecule has 0 aromatic rings. The molecule has 2 aliphatic heterocycles. The fraction of sp³-hybridized carbons (Fsp3) is 0.950. The van der Waals surface area contributed by atoms with Crippen LogP contribution in [0.5, 0.6) is 0 Å². The molecule has 2 aliphatic rings. The zero-order valence-electron chi connectivity index (χ0n) is 18.1. The van der Waals surface area contributed by atoms with Crippen molar-refractivity contribution in [3.05, 3.63) is 0 Å². The Hall–Kier alpha value is -1.06. The molecule has 29 heavy (non-hydrogen) atoms. The monoisotopic (exact) mass is 421 g/mol. The number of morpholine rings is 1. The maximum Gasteiger partial charge on any atom is 0.401 e. The lowest BCUT2D eigenvalue weighted by atomic mass is 10.0. The van der Waals surface area contributed by atoms with Gasteiger partial charge in [-0.25, -0.2) is 0 Å². The topological polar surface area (TPSA) is 52.1 Å². The van der Waals surface area contributed by atoms with Crippen LogP contribution in [0.25, 0.3) is 0 Å². The molecule has 2 N–H and O–H groups in total. The molecule has 9 heteroatoms. The second-order valence-corrected chi connectivity index (χ2v) is 8.54. The third-order valence-electron chi connectivity index (χ3n) is 5.44. The van der Waals surface area contributed by atoms with E-state index in [4.69, 9.17) is 9.73 Å². The Morgan fingerprint density at radius 2 is 1.90 bits per heavy atom. The van der Waals surface area contributed by atoms with Gasteiger partial charge in [0, 0.05) is 38.8 Å². The summed E-state index contributed by atoms with van der Waals surface area (Å²) in [6, 6.07) is 0.378. The van der Waals surface area contributed by atoms with E-state index in [1.807, 2.05) is 6.92 Å². The van der Waals surface area contributed by atoms with Gasteiger partial charge in [0.15, 0.2) is 5.96 Å². The first-order valence-corrected chi connectivity index (χ1v) is 10.9. The normalized spacial score (nSPS) is 23.6. The van der Waals surface area contributed by atoms with Gasteiger partial charge in [0.05, 0.1) is 26.3 Å². The second kappa shape index (κ2) is 12.0. The zero-order valence-corrected chi connectivity index (χ0v) is 18.1. The highest BCUT2D eigenvalue weighted by Gasteiger charge is 2.34. The molecule has 0 bridgehead atoms. The average Bonchev–Trinajstić information content (AvgIpc) is 3.08. The second-order valence-electron chi connectivity index (χ2n) is 8.54. The number of hydrogen-bond donors (Lipinski definition) is 2. The van der Waals surface area contributed by atoms with Crippen molar-refractivity contribution in [2.75, 3.05) is 65.6 Å². The van der Waals surface area contributed by atoms with E-state index >= 15 is 0 Å². The summed E-state index contributed by atoms with van der Waals surface area (Å²) in [5.41, 5.74) is 0. The third kappa shape index (κ3) is 9.53. The Kier molecular flexibility index (Phi) is 9.98. The summed E-state index contributed by atoms with van der Waals surface area (Å²) in [6.45, 7) is 12.2. The zero-order chi connectivity index (χ0) is 21.3. The van der Waals surface area contributed by atoms with Crippen molar-refractivity contribution in [2.45, 2.75) is 45.8 Å². The molecule has 2 fully saturated rings. The van der Waals surface area contributed by atoms with Crippen molar-refractivity contribution >= 4 is 5.96 Å². The van der Waals surface area contributed by atoms with Crippen LogP contribution < -0.4 is 10.6 Å². The first-order valence-electron chi connectivity index (χ1n) is 10.9. The molecule has 2 unspecified atom stereocenters. The predicted octanol–water partition coefficient (Wildman–Crippen LogP) is 2.17. The van der Waals surface area contributed by atoms with Crippen LogP contribution in [0.1, 0.15) is 33.6 Å². The van der Waals surface area contributed by atoms with Crippen LogP contribution in [-0.4, -0.2) is 93.5 Å². The van der Waals surface area contributed by atoms with E-state index in [0.717, 1.165) is 51.6 Å². The van der Waals surface area contributed by atoms with E-state index in [1.54, 1.807) is 0 Å². The number of nitrogens with one attached hydrogen (secondary N) is 2. The third-order valence-corrected chi connectivity index (χ3v) is 5.44. The van der Waals surface area contributed by atoms with Gasteiger partial charge in [-0.3, -0.25) is 14.8 Å². The molecule has 0 spiro atoms. The summed E-state index contributed by atoms with van der Waals surface area (Å²) in [5, 5.41) is 6.62. The van der Waals surface area contributed by atoms with Gasteiger partial charge in [0.2, 0.25) is 0 Å². The van der Waals surface area contributed by atoms with E-state index in [-0.39, 0.29) is 5.92 Å². The summed E-state index contributed by atoms with van der Waals surface area (Å²) < 4.78 is 43.2. The molecule has 2 heterocycles. The van der Waals surface area contributed by atoms with Crippen molar-refractivity contribution in [1.29, 1.82) is 0 Å². The first kappa shape index (κ1) is 24.2. The maximum atomic E-state index is 12.6. The van der Waals surface area contributed by atoms with Gasteiger partial charge >= 0.3 is 6.18 Å². The Morgan fingerprint density at radius 3 is 2.52 bits per heavy atom. The summed E-state index contributed by atoms with van der Waals surface area (Å²) in [7, 11) is 0. The van der Waals surface area contributed by atoms with Crippen LogP contribution in [0.15, 0.2) is 4.99 Å². The lowest BCUT2D eigenvalue weighted by molar-refractivity contribution is -0.143. The molecule has 0 saturated carbocycles. The van der Waals surface area contributed by atoms with Gasteiger partial charge in [0.25, 0.3) is 0 Å². The van der Waals surface area contributed by atoms with Gasteiger partial charge in [-0.05, 0) is 38.1 Å². The lowest BCUT2D eigenvalue weighted by Crippen LogP contribution is -2.46. The van der Waals surface area contributed by atoms with Gasteiger partial charge < -0.3 is 15.4 Å². The molecule has 2 rings (SSSR count). The summed E-state index contributed by atoms with van der Waals surface area (Å²) in [5.74, 6) is 1.56. The highest BCUT2D eigenvalue weighted by Crippen LogP contribution is 2.22. The lowest BCUT2D eigenvalue weighted by Gasteiger charge is -2.34. The Balaban J connectivity index is 1.85. The van der Waals surface area contributed by atoms with Crippen LogP contribution in [-0.2, 0) is 4.74 Å². The van der Waals surface area contributed by atoms with E-state index < -0.39 is 12.7 Å². The highest BCUT2D eigenvalue weighted by molar-refractivity contribution is 5.79. The Bertz CT molecular complexity index is 495. The fourth-order valence-corrected chi connectivity index (χ4v) is 4.08. The number of nitrogens with zero attached hydrogens (tertiary/aromatic N) is 3. The number of aliphatic imine (C=N–C) groups is 1. The molecular weight excluding hydrogens is 383 g/mol. The number of guanidine groups is 1. The maximum absolute atomic E-state index is 12.6. The smallest absolute Gasteiger partial charge is 0.379 e. The minimum Gasteiger partial charge on any atom is -0.379 e. The standard InChI is InChI=1S/C20H38F3N5O/c1-4-24-19(25-12-17-5-6-27(14-17)15-20(21,22)23)26-13-18(11-16(2)3)28-7-9-29-10-8-28/h16-18H,4-15H2,1-3H3,(H2,24,25,26). The molecule has 6 nitrogen and oxygen atoms in total. The van der Waals surface area contributed by atoms with Crippen LogP contribution in [0.4, 0.5) is 13.2 Å². The van der Waals surface area contributed by atoms with Crippen molar-refractivity contribution in [1.82, 2.24) is 20.4 Å². The van der Waals surface area contributed by atoms with E-state index in [0.29, 0.717) is 38.1 Å². The van der Waals surface area contributed by atoms with Crippen molar-refractivity contribution in [2.24, 2.45) is 16.8 Å². The molecule has 0 aliphatic carbocycles. The van der Waals surface area contributed by atoms with Crippen molar-refractivity contribution in [3.63, 3.8) is 0 Å². The highest BCUT2D eigenvalue weighted by atomic mass is 19.4. The fourth-order valence-electron chi connectivity index (χ4n) is 4.08. The molecule has 2 saturated heterocycles. The molecular formula is C20H38F3N5O. The number of alkyl halides is 3. The minimum atomic E-state index is -4.12. The van der Waals surface area contributed by atoms with Crippen LogP contribution in [0, 0.1) is 11.8 Å². The van der Waals surface area contributed by atoms with Gasteiger partial charge in [-0.2, -0.15) is 13.2 Å². The van der Waals surface area contributed by atoms with E-state index in [9.17, 15) is 13.2 Å². The SMILES string of the molecule is CCNC(=NCC(CC(C)C)N1CCOCC1)NCC1CCN(CC(F)(F)F)C1. The van der Waals surface area contributed by atoms with Crippen molar-refractivity contribution in [3.8, 4) is 0 Å². The molecule has 2 atom stereocenters. The number of likely N-dealkylation sites (tertiary alicyclic amines) is 1. The number of hydrogen-bond acceptors (Lipinski definition) is 4. The van der Waals surface area contributed by atoms with Gasteiger partial charge in [-0.15, -0.1) is 0 Å². The average molecular weight is 422 g/mol. The summed E-state index contributed by atoms with van der Waals surface area (Å²) >= 11 is 0. The summed E-state index contributed by atoms with van der Waals surface area (Å²) in [4.78, 5) is 8.75. The van der Waals surface area contributed by atoms with Gasteiger partial charge in [-0.1, -0.05) is 13.8 Å². The molecule has 170 valence electrons. The number of ether oxygens (including phenoxy) is 1. The predicted molar refractivity (Wildman–Crippen MR) is 110 cm³/mol. The molecule has 0 amide bonds. The largest absolute Gasteiger partial charge is 0.401 e. The van der Waals surface area contributed by atoms with Crippen LogP contribution in [0.3, 0.4) is 0 Å². The number of halogens is 3. The molecule has 0 radical (unpaired) electrons. The first-order chi connectivity index (χ1) is 13.8. The molecule has 0 aromatic carbocycles. The quantitative estimate of drug-likeness (QED) is 0.442. The minimum absolute atomic E-state index is 0.215. The van der Waals surface area contributed by atoms with E-state index in [1.165, 1.54) is 4.90 Å².